The van der Waals surface area contributed by atoms with Crippen molar-refractivity contribution in [2.24, 2.45) is 28.6 Å². The lowest BCUT2D eigenvalue weighted by molar-refractivity contribution is -0.145. The molecule has 0 aromatic carbocycles. The second-order valence-electron chi connectivity index (χ2n) is 9.36. The Bertz CT molecular complexity index is 845. The van der Waals surface area contributed by atoms with Gasteiger partial charge in [-0.1, -0.05) is 55.4 Å². The third-order valence-corrected chi connectivity index (χ3v) is 7.66. The monoisotopic (exact) mass is 382 g/mol. The zero-order chi connectivity index (χ0) is 20.3. The number of carbonyl (C=O) groups excluding carboxylic acids is 2. The Morgan fingerprint density at radius 1 is 1.25 bits per heavy atom. The maximum absolute atomic E-state index is 12.7. The summed E-state index contributed by atoms with van der Waals surface area (Å²) in [6.45, 7) is 7.91. The Hall–Kier alpha value is -1.94. The van der Waals surface area contributed by atoms with Gasteiger partial charge in [0.1, 0.15) is 0 Å². The number of aliphatic hydroxyl groups excluding tert-OH is 1. The number of allylic oxidation sites excluding steroid dienone is 5. The standard InChI is InChI=1S/C24H30O4/c1-14-11-17-18-5-6-20(22(27)13-28-15(2)25)23(18,3)10-8-19(17)24(4)9-7-16(26)12-21(14)24/h6-9,12,14,16-18,26H,5,10-11,13H2,1-4H3/t14-,16?,17?,18?,23-,24+/m0/s1. The topological polar surface area (TPSA) is 63.6 Å². The molecule has 6 atom stereocenters. The lowest BCUT2D eigenvalue weighted by Gasteiger charge is -2.54. The minimum Gasteiger partial charge on any atom is -0.457 e. The number of aliphatic hydroxyl groups is 1. The van der Waals surface area contributed by atoms with E-state index in [1.54, 1.807) is 0 Å². The minimum atomic E-state index is -0.491. The van der Waals surface area contributed by atoms with Gasteiger partial charge in [0, 0.05) is 23.3 Å². The van der Waals surface area contributed by atoms with Gasteiger partial charge in [-0.3, -0.25) is 9.59 Å². The molecular formula is C24H30O4. The van der Waals surface area contributed by atoms with E-state index < -0.39 is 12.1 Å². The maximum atomic E-state index is 12.7. The Kier molecular flexibility index (Phi) is 4.53. The molecule has 4 nitrogen and oxygen atoms in total. The molecule has 0 spiro atoms. The van der Waals surface area contributed by atoms with Crippen LogP contribution in [0.2, 0.25) is 0 Å². The number of hydrogen-bond donors (Lipinski definition) is 1. The minimum absolute atomic E-state index is 0.0617. The highest BCUT2D eigenvalue weighted by Gasteiger charge is 2.55. The van der Waals surface area contributed by atoms with E-state index in [-0.39, 0.29) is 23.2 Å². The van der Waals surface area contributed by atoms with Gasteiger partial charge in [-0.05, 0) is 43.9 Å². The molecule has 1 N–H and O–H groups in total. The number of Topliss-reactive ketones (excluding diaryl/α,β-unsaturated/α-hetero) is 1. The summed E-state index contributed by atoms with van der Waals surface area (Å²) in [5.74, 6) is 0.735. The summed E-state index contributed by atoms with van der Waals surface area (Å²) in [6, 6.07) is 0. The molecule has 0 aromatic rings. The van der Waals surface area contributed by atoms with E-state index in [1.165, 1.54) is 18.1 Å². The van der Waals surface area contributed by atoms with Gasteiger partial charge in [0.05, 0.1) is 6.10 Å². The van der Waals surface area contributed by atoms with Crippen LogP contribution in [0.4, 0.5) is 0 Å². The Morgan fingerprint density at radius 2 is 2.00 bits per heavy atom. The van der Waals surface area contributed by atoms with Crippen LogP contribution in [0.5, 0.6) is 0 Å². The first kappa shape index (κ1) is 19.4. The van der Waals surface area contributed by atoms with Gasteiger partial charge in [0.2, 0.25) is 0 Å². The second-order valence-corrected chi connectivity index (χ2v) is 9.36. The number of ether oxygens (including phenoxy) is 1. The third kappa shape index (κ3) is 2.76. The molecule has 4 aliphatic rings. The Morgan fingerprint density at radius 3 is 2.71 bits per heavy atom. The lowest BCUT2D eigenvalue weighted by atomic mass is 9.50. The van der Waals surface area contributed by atoms with Crippen LogP contribution in [0.25, 0.3) is 0 Å². The van der Waals surface area contributed by atoms with Gasteiger partial charge in [0.15, 0.2) is 12.4 Å². The average Bonchev–Trinajstić information content (AvgIpc) is 2.99. The molecule has 0 radical (unpaired) electrons. The molecule has 1 saturated carbocycles. The summed E-state index contributed by atoms with van der Waals surface area (Å²) >= 11 is 0. The summed E-state index contributed by atoms with van der Waals surface area (Å²) in [4.78, 5) is 23.9. The molecule has 0 aromatic heterocycles. The summed E-state index contributed by atoms with van der Waals surface area (Å²) in [5, 5.41) is 10.1. The van der Waals surface area contributed by atoms with Crippen LogP contribution < -0.4 is 0 Å². The van der Waals surface area contributed by atoms with E-state index in [9.17, 15) is 14.7 Å². The first-order chi connectivity index (χ1) is 13.2. The van der Waals surface area contributed by atoms with E-state index in [1.807, 2.05) is 12.2 Å². The van der Waals surface area contributed by atoms with Crippen molar-refractivity contribution in [1.29, 1.82) is 0 Å². The van der Waals surface area contributed by atoms with Gasteiger partial charge in [-0.25, -0.2) is 0 Å². The van der Waals surface area contributed by atoms with Crippen molar-refractivity contribution in [2.75, 3.05) is 6.61 Å². The molecule has 3 unspecified atom stereocenters. The third-order valence-electron chi connectivity index (χ3n) is 7.66. The van der Waals surface area contributed by atoms with Crippen LogP contribution in [-0.4, -0.2) is 29.6 Å². The molecule has 0 heterocycles. The Labute approximate surface area is 167 Å². The first-order valence-electron chi connectivity index (χ1n) is 10.3. The van der Waals surface area contributed by atoms with E-state index >= 15 is 0 Å². The van der Waals surface area contributed by atoms with Crippen molar-refractivity contribution in [3.8, 4) is 0 Å². The molecule has 0 bridgehead atoms. The second kappa shape index (κ2) is 6.55. The number of esters is 1. The fraction of sp³-hybridized carbons (Fsp3) is 0.583. The quantitative estimate of drug-likeness (QED) is 0.594. The zero-order valence-electron chi connectivity index (χ0n) is 17.2. The van der Waals surface area contributed by atoms with Crippen LogP contribution in [0.1, 0.15) is 47.0 Å². The lowest BCUT2D eigenvalue weighted by Crippen LogP contribution is -2.46. The summed E-state index contributed by atoms with van der Waals surface area (Å²) < 4.78 is 4.98. The smallest absolute Gasteiger partial charge is 0.303 e. The van der Waals surface area contributed by atoms with E-state index in [0.29, 0.717) is 17.8 Å². The SMILES string of the molecule is CC(=O)OCC(=O)C1=CCC2C3C[C@H](C)C4=CC(O)C=C[C@]4(C)C3=CC[C@]12C. The van der Waals surface area contributed by atoms with Crippen molar-refractivity contribution < 1.29 is 19.4 Å². The Balaban J connectivity index is 1.66. The predicted molar refractivity (Wildman–Crippen MR) is 107 cm³/mol. The normalized spacial score (nSPS) is 41.1. The molecule has 0 saturated heterocycles. The first-order valence-corrected chi connectivity index (χ1v) is 10.3. The van der Waals surface area contributed by atoms with Crippen molar-refractivity contribution in [3.63, 3.8) is 0 Å². The van der Waals surface area contributed by atoms with Crippen molar-refractivity contribution in [3.05, 3.63) is 47.1 Å². The van der Waals surface area contributed by atoms with Gasteiger partial charge in [-0.2, -0.15) is 0 Å². The summed E-state index contributed by atoms with van der Waals surface area (Å²) in [5.41, 5.74) is 3.28. The van der Waals surface area contributed by atoms with Crippen LogP contribution in [0.3, 0.4) is 0 Å². The molecular weight excluding hydrogens is 352 g/mol. The number of hydrogen-bond acceptors (Lipinski definition) is 4. The molecule has 0 amide bonds. The van der Waals surface area contributed by atoms with Gasteiger partial charge >= 0.3 is 5.97 Å². The summed E-state index contributed by atoms with van der Waals surface area (Å²) in [7, 11) is 0. The van der Waals surface area contributed by atoms with Crippen LogP contribution in [-0.2, 0) is 14.3 Å². The molecule has 150 valence electrons. The fourth-order valence-electron chi connectivity index (χ4n) is 6.31. The molecule has 4 rings (SSSR count). The van der Waals surface area contributed by atoms with Gasteiger partial charge < -0.3 is 9.84 Å². The molecule has 28 heavy (non-hydrogen) atoms. The van der Waals surface area contributed by atoms with E-state index in [0.717, 1.165) is 24.8 Å². The van der Waals surface area contributed by atoms with Gasteiger partial charge in [0.25, 0.3) is 0 Å². The largest absolute Gasteiger partial charge is 0.457 e. The van der Waals surface area contributed by atoms with E-state index in [4.69, 9.17) is 4.74 Å². The highest BCUT2D eigenvalue weighted by Crippen LogP contribution is 2.63. The highest BCUT2D eigenvalue weighted by molar-refractivity contribution is 5.99. The fourth-order valence-corrected chi connectivity index (χ4v) is 6.31. The van der Waals surface area contributed by atoms with Crippen LogP contribution in [0.15, 0.2) is 47.1 Å². The average molecular weight is 383 g/mol. The number of rotatable bonds is 3. The van der Waals surface area contributed by atoms with Gasteiger partial charge in [-0.15, -0.1) is 0 Å². The molecule has 4 heteroatoms. The van der Waals surface area contributed by atoms with E-state index in [2.05, 4.69) is 39.0 Å². The molecule has 0 aliphatic heterocycles. The highest BCUT2D eigenvalue weighted by atomic mass is 16.5. The van der Waals surface area contributed by atoms with Crippen molar-refractivity contribution >= 4 is 11.8 Å². The zero-order valence-corrected chi connectivity index (χ0v) is 17.2. The molecule has 1 fully saturated rings. The molecule has 4 aliphatic carbocycles. The maximum Gasteiger partial charge on any atom is 0.303 e. The predicted octanol–water partition coefficient (Wildman–Crippen LogP) is 3.92. The number of fused-ring (bicyclic) bond motifs is 5. The van der Waals surface area contributed by atoms with Crippen molar-refractivity contribution in [2.45, 2.75) is 53.1 Å². The number of carbonyl (C=O) groups is 2. The summed E-state index contributed by atoms with van der Waals surface area (Å²) in [6.07, 6.45) is 12.8. The number of ketones is 1. The van der Waals surface area contributed by atoms with Crippen LogP contribution in [0, 0.1) is 28.6 Å². The van der Waals surface area contributed by atoms with Crippen LogP contribution >= 0.6 is 0 Å². The van der Waals surface area contributed by atoms with Crippen molar-refractivity contribution in [1.82, 2.24) is 0 Å².